The second-order valence-corrected chi connectivity index (χ2v) is 11.1. The first-order valence-electron chi connectivity index (χ1n) is 16.3. The van der Waals surface area contributed by atoms with Gasteiger partial charge in [-0.05, 0) is 19.8 Å². The lowest BCUT2D eigenvalue weighted by Gasteiger charge is -2.28. The summed E-state index contributed by atoms with van der Waals surface area (Å²) in [7, 11) is 1.19. The van der Waals surface area contributed by atoms with Crippen molar-refractivity contribution in [3.8, 4) is 0 Å². The van der Waals surface area contributed by atoms with E-state index >= 15 is 0 Å². The number of halogens is 1. The van der Waals surface area contributed by atoms with Crippen molar-refractivity contribution in [2.24, 2.45) is 0 Å². The molecule has 0 aromatic carbocycles. The van der Waals surface area contributed by atoms with Crippen LogP contribution in [0.2, 0.25) is 0 Å². The Kier molecular flexibility index (Phi) is 25.4. The number of rotatable bonds is 23. The maximum atomic E-state index is 12.9. The number of aromatic nitrogens is 1. The van der Waals surface area contributed by atoms with Gasteiger partial charge in [-0.25, -0.2) is 14.2 Å². The number of methoxy groups -OCH3 is 1. The fraction of sp³-hybridized carbons (Fsp3) is 0.758. The highest BCUT2D eigenvalue weighted by Gasteiger charge is 2.30. The number of aryl methyl sites for hydroxylation is 1. The number of amides is 1. The molecule has 1 rings (SSSR count). The molecule has 0 fully saturated rings. The zero-order valence-electron chi connectivity index (χ0n) is 27.1. The molecule has 0 spiro atoms. The predicted molar refractivity (Wildman–Crippen MR) is 162 cm³/mol. The molecule has 2 atom stereocenters. The van der Waals surface area contributed by atoms with E-state index in [0.29, 0.717) is 25.8 Å². The quantitative estimate of drug-likeness (QED) is 0.0548. The van der Waals surface area contributed by atoms with Gasteiger partial charge in [-0.1, -0.05) is 103 Å². The molecule has 1 amide bonds. The molecule has 43 heavy (non-hydrogen) atoms. The van der Waals surface area contributed by atoms with Gasteiger partial charge in [-0.15, -0.1) is 5.06 Å². The summed E-state index contributed by atoms with van der Waals surface area (Å²) in [4.78, 5) is 42.1. The first kappa shape index (κ1) is 40.5. The van der Waals surface area contributed by atoms with Crippen LogP contribution in [-0.4, -0.2) is 49.1 Å². The van der Waals surface area contributed by atoms with E-state index in [4.69, 9.17) is 14.3 Å². The van der Waals surface area contributed by atoms with Crippen LogP contribution in [0.15, 0.2) is 30.6 Å². The van der Waals surface area contributed by atoms with Gasteiger partial charge in [0.15, 0.2) is 12.4 Å². The maximum Gasteiger partial charge on any atom is 0.533 e. The number of carbonyl (C=O) groups excluding carboxylic acids is 3. The molecule has 1 heterocycles. The van der Waals surface area contributed by atoms with E-state index in [-0.39, 0.29) is 37.4 Å². The van der Waals surface area contributed by atoms with Crippen LogP contribution in [0.25, 0.3) is 0 Å². The molecular weight excluding hydrogens is 572 g/mol. The number of unbranched alkanes of at least 4 members (excludes halogenated alkanes) is 12. The van der Waals surface area contributed by atoms with Crippen LogP contribution in [0, 0.1) is 0 Å². The number of ether oxygens (including phenoxy) is 3. The third-order valence-electron chi connectivity index (χ3n) is 7.32. The zero-order valence-corrected chi connectivity index (χ0v) is 27.9. The van der Waals surface area contributed by atoms with Gasteiger partial charge < -0.3 is 26.6 Å². The minimum absolute atomic E-state index is 0. The Labute approximate surface area is 266 Å². The van der Waals surface area contributed by atoms with Crippen molar-refractivity contribution < 1.29 is 50.4 Å². The van der Waals surface area contributed by atoms with Gasteiger partial charge >= 0.3 is 18.2 Å². The van der Waals surface area contributed by atoms with Crippen LogP contribution in [0.4, 0.5) is 9.59 Å². The Balaban J connectivity index is 0.0000176. The SMILES string of the molecule is CCCCCCCCCCCCCCCC(CC)N(OC(=O)OC)C(=O)O[C@@H](C)COC(=O)CCC[n+]1ccccc1.[Cl-]. The van der Waals surface area contributed by atoms with Gasteiger partial charge in [-0.2, -0.15) is 0 Å². The van der Waals surface area contributed by atoms with Crippen LogP contribution < -0.4 is 17.0 Å². The highest BCUT2D eigenvalue weighted by atomic mass is 35.5. The molecule has 10 heteroatoms. The fourth-order valence-electron chi connectivity index (χ4n) is 4.79. The summed E-state index contributed by atoms with van der Waals surface area (Å²) in [5.74, 6) is -0.356. The maximum absolute atomic E-state index is 12.9. The lowest BCUT2D eigenvalue weighted by atomic mass is 10.0. The Morgan fingerprint density at radius 3 is 1.88 bits per heavy atom. The molecule has 0 saturated carbocycles. The molecule has 0 N–H and O–H groups in total. The van der Waals surface area contributed by atoms with Gasteiger partial charge in [-0.3, -0.25) is 9.63 Å². The average Bonchev–Trinajstić information content (AvgIpc) is 2.99. The van der Waals surface area contributed by atoms with Crippen LogP contribution >= 0.6 is 0 Å². The second kappa shape index (κ2) is 27.0. The highest BCUT2D eigenvalue weighted by Crippen LogP contribution is 2.18. The molecule has 248 valence electrons. The Morgan fingerprint density at radius 1 is 0.791 bits per heavy atom. The molecule has 0 aliphatic heterocycles. The highest BCUT2D eigenvalue weighted by molar-refractivity contribution is 5.70. The molecule has 0 aliphatic carbocycles. The van der Waals surface area contributed by atoms with Crippen LogP contribution in [-0.2, 0) is 30.4 Å². The van der Waals surface area contributed by atoms with E-state index in [9.17, 15) is 14.4 Å². The number of pyridine rings is 1. The third kappa shape index (κ3) is 20.9. The molecule has 1 aromatic heterocycles. The lowest BCUT2D eigenvalue weighted by Crippen LogP contribution is -3.00. The van der Waals surface area contributed by atoms with Gasteiger partial charge in [0.25, 0.3) is 0 Å². The zero-order chi connectivity index (χ0) is 30.8. The summed E-state index contributed by atoms with van der Waals surface area (Å²) in [6.45, 7) is 6.45. The molecule has 1 unspecified atom stereocenters. The largest absolute Gasteiger partial charge is 1.00 e. The number of hydrogen-bond donors (Lipinski definition) is 0. The van der Waals surface area contributed by atoms with E-state index in [1.165, 1.54) is 71.3 Å². The van der Waals surface area contributed by atoms with E-state index in [1.54, 1.807) is 6.92 Å². The second-order valence-electron chi connectivity index (χ2n) is 11.1. The van der Waals surface area contributed by atoms with Gasteiger partial charge in [0.2, 0.25) is 0 Å². The molecular formula is C33H57ClN2O7. The first-order valence-corrected chi connectivity index (χ1v) is 16.3. The van der Waals surface area contributed by atoms with Crippen molar-refractivity contribution in [3.05, 3.63) is 30.6 Å². The van der Waals surface area contributed by atoms with Crippen molar-refractivity contribution in [2.75, 3.05) is 13.7 Å². The number of carbonyl (C=O) groups is 3. The number of hydrogen-bond acceptors (Lipinski definition) is 7. The summed E-state index contributed by atoms with van der Waals surface area (Å²) in [6, 6.07) is 5.47. The molecule has 0 saturated heterocycles. The van der Waals surface area contributed by atoms with Crippen LogP contribution in [0.1, 0.15) is 130 Å². The molecule has 1 aromatic rings. The Bertz CT molecular complexity index is 844. The Morgan fingerprint density at radius 2 is 1.35 bits per heavy atom. The third-order valence-corrected chi connectivity index (χ3v) is 7.32. The lowest BCUT2D eigenvalue weighted by molar-refractivity contribution is -0.697. The van der Waals surface area contributed by atoms with Crippen molar-refractivity contribution in [1.29, 1.82) is 0 Å². The minimum Gasteiger partial charge on any atom is -1.00 e. The van der Waals surface area contributed by atoms with Gasteiger partial charge in [0, 0.05) is 18.6 Å². The average molecular weight is 629 g/mol. The smallest absolute Gasteiger partial charge is 0.533 e. The fourth-order valence-corrected chi connectivity index (χ4v) is 4.79. The normalized spacial score (nSPS) is 12.0. The molecule has 0 bridgehead atoms. The predicted octanol–water partition coefficient (Wildman–Crippen LogP) is 5.09. The molecule has 9 nitrogen and oxygen atoms in total. The molecule has 0 radical (unpaired) electrons. The van der Waals surface area contributed by atoms with Crippen molar-refractivity contribution >= 4 is 18.2 Å². The summed E-state index contributed by atoms with van der Waals surface area (Å²) in [6.07, 6.45) is 19.9. The van der Waals surface area contributed by atoms with E-state index in [1.807, 2.05) is 42.1 Å². The van der Waals surface area contributed by atoms with E-state index < -0.39 is 18.4 Å². The minimum atomic E-state index is -0.980. The topological polar surface area (TPSA) is 95.2 Å². The summed E-state index contributed by atoms with van der Waals surface area (Å²) < 4.78 is 17.4. The van der Waals surface area contributed by atoms with Gasteiger partial charge in [0.1, 0.15) is 19.3 Å². The summed E-state index contributed by atoms with van der Waals surface area (Å²) in [5.41, 5.74) is 0. The van der Waals surface area contributed by atoms with E-state index in [0.717, 1.165) is 24.3 Å². The number of nitrogens with zero attached hydrogens (tertiary/aromatic N) is 2. The van der Waals surface area contributed by atoms with E-state index in [2.05, 4.69) is 11.7 Å². The van der Waals surface area contributed by atoms with Crippen LogP contribution in [0.3, 0.4) is 0 Å². The number of hydroxylamine groups is 2. The monoisotopic (exact) mass is 628 g/mol. The number of esters is 1. The van der Waals surface area contributed by atoms with Gasteiger partial charge in [0.05, 0.1) is 19.6 Å². The molecule has 0 aliphatic rings. The first-order chi connectivity index (χ1) is 20.4. The standard InChI is InChI=1S/C33H57N2O7.ClH/c1-5-7-8-9-10-11-12-13-14-15-16-17-19-23-30(6-2)35(42-33(38)39-4)32(37)41-29(3)28-40-31(36)24-22-27-34-25-20-18-21-26-34;/h18,20-21,25-26,29-30H,5-17,19,22-24,27-28H2,1-4H3;1H/q+1;/p-1/t29-,30?;/m0./s1. The van der Waals surface area contributed by atoms with Crippen molar-refractivity contribution in [2.45, 2.75) is 149 Å². The summed E-state index contributed by atoms with van der Waals surface area (Å²) in [5, 5.41) is 0.974. The van der Waals surface area contributed by atoms with Crippen molar-refractivity contribution in [3.63, 3.8) is 0 Å². The van der Waals surface area contributed by atoms with Crippen LogP contribution in [0.5, 0.6) is 0 Å². The Hall–Kier alpha value is -2.55. The summed E-state index contributed by atoms with van der Waals surface area (Å²) >= 11 is 0. The van der Waals surface area contributed by atoms with Crippen molar-refractivity contribution in [1.82, 2.24) is 5.06 Å².